The number of aromatic nitrogens is 2. The molecule has 144 valence electrons. The van der Waals surface area contributed by atoms with Crippen LogP contribution in [-0.2, 0) is 11.3 Å². The number of hydrogen-bond acceptors (Lipinski definition) is 6. The van der Waals surface area contributed by atoms with Crippen molar-refractivity contribution in [2.75, 3.05) is 13.2 Å². The Kier molecular flexibility index (Phi) is 4.84. The largest absolute Gasteiger partial charge is 0.486 e. The number of benzene rings is 2. The molecule has 2 aromatic carbocycles. The summed E-state index contributed by atoms with van der Waals surface area (Å²) >= 11 is 0. The van der Waals surface area contributed by atoms with E-state index in [-0.39, 0.29) is 25.1 Å². The van der Waals surface area contributed by atoms with E-state index in [4.69, 9.17) is 14.0 Å². The number of carbonyl (C=O) groups excluding carboxylic acids is 1. The molecule has 0 spiro atoms. The molecular weight excluding hydrogens is 362 g/mol. The van der Waals surface area contributed by atoms with Gasteiger partial charge in [-0.05, 0) is 24.6 Å². The van der Waals surface area contributed by atoms with E-state index in [0.717, 1.165) is 11.1 Å². The van der Waals surface area contributed by atoms with Crippen molar-refractivity contribution >= 4 is 5.91 Å². The maximum atomic E-state index is 12.4. The van der Waals surface area contributed by atoms with Crippen LogP contribution in [0.15, 0.2) is 57.8 Å². The summed E-state index contributed by atoms with van der Waals surface area (Å²) in [6.45, 7) is 2.29. The van der Waals surface area contributed by atoms with Gasteiger partial charge in [0.15, 0.2) is 17.3 Å². The monoisotopic (exact) mass is 381 g/mol. The van der Waals surface area contributed by atoms with Crippen LogP contribution in [0.5, 0.6) is 11.5 Å². The smallest absolute Gasteiger partial charge is 0.442 e. The Bertz CT molecular complexity index is 1060. The molecule has 2 heterocycles. The van der Waals surface area contributed by atoms with Crippen LogP contribution in [0.1, 0.15) is 5.56 Å². The zero-order valence-electron chi connectivity index (χ0n) is 15.3. The third-order valence-corrected chi connectivity index (χ3v) is 4.47. The molecule has 0 bridgehead atoms. The summed E-state index contributed by atoms with van der Waals surface area (Å²) in [4.78, 5) is 24.4. The molecule has 8 nitrogen and oxygen atoms in total. The van der Waals surface area contributed by atoms with Gasteiger partial charge in [-0.1, -0.05) is 41.6 Å². The third kappa shape index (κ3) is 3.62. The van der Waals surface area contributed by atoms with Gasteiger partial charge in [-0.15, -0.1) is 0 Å². The van der Waals surface area contributed by atoms with Gasteiger partial charge < -0.3 is 14.8 Å². The van der Waals surface area contributed by atoms with Gasteiger partial charge in [0.2, 0.25) is 5.91 Å². The second-order valence-corrected chi connectivity index (χ2v) is 6.47. The summed E-state index contributed by atoms with van der Waals surface area (Å²) in [6, 6.07) is 14.8. The highest BCUT2D eigenvalue weighted by molar-refractivity contribution is 5.76. The molecule has 1 N–H and O–H groups in total. The number of carbonyl (C=O) groups is 1. The molecule has 1 amide bonds. The van der Waals surface area contributed by atoms with Crippen molar-refractivity contribution in [1.29, 1.82) is 0 Å². The minimum absolute atomic E-state index is 0.198. The molecule has 3 aromatic rings. The summed E-state index contributed by atoms with van der Waals surface area (Å²) in [5.74, 6) is 0.626. The van der Waals surface area contributed by atoms with Gasteiger partial charge in [0.25, 0.3) is 0 Å². The molecule has 8 heteroatoms. The molecule has 0 fully saturated rings. The standard InChI is InChI=1S/C20H19N3O5/c1-13-6-2-3-7-15(13)19-22-28-20(25)23(19)11-18(24)21-10-14-12-26-16-8-4-5-9-17(16)27-14/h2-9,14H,10-12H2,1H3,(H,21,24). The Hall–Kier alpha value is -3.55. The van der Waals surface area contributed by atoms with E-state index in [2.05, 4.69) is 10.5 Å². The lowest BCUT2D eigenvalue weighted by atomic mass is 10.1. The SMILES string of the molecule is Cc1ccccc1-c1noc(=O)n1CC(=O)NCC1COc2ccccc2O1. The van der Waals surface area contributed by atoms with Gasteiger partial charge in [0.1, 0.15) is 19.3 Å². The number of fused-ring (bicyclic) bond motifs is 1. The zero-order chi connectivity index (χ0) is 19.5. The second kappa shape index (κ2) is 7.59. The number of aryl methyl sites for hydroxylation is 1. The number of amides is 1. The quantitative estimate of drug-likeness (QED) is 0.724. The molecular formula is C20H19N3O5. The number of para-hydroxylation sites is 2. The molecule has 4 rings (SSSR count). The predicted octanol–water partition coefficient (Wildman–Crippen LogP) is 1.77. The summed E-state index contributed by atoms with van der Waals surface area (Å²) in [7, 11) is 0. The van der Waals surface area contributed by atoms with Crippen molar-refractivity contribution in [3.63, 3.8) is 0 Å². The molecule has 0 radical (unpaired) electrons. The minimum atomic E-state index is -0.681. The molecule has 1 aromatic heterocycles. The molecule has 1 atom stereocenters. The van der Waals surface area contributed by atoms with Crippen molar-refractivity contribution in [3.8, 4) is 22.9 Å². The van der Waals surface area contributed by atoms with E-state index >= 15 is 0 Å². The van der Waals surface area contributed by atoms with E-state index in [1.165, 1.54) is 4.57 Å². The van der Waals surface area contributed by atoms with E-state index in [1.807, 2.05) is 55.5 Å². The Balaban J connectivity index is 1.41. The lowest BCUT2D eigenvalue weighted by Gasteiger charge is -2.26. The first kappa shape index (κ1) is 17.8. The minimum Gasteiger partial charge on any atom is -0.486 e. The zero-order valence-corrected chi connectivity index (χ0v) is 15.3. The van der Waals surface area contributed by atoms with Gasteiger partial charge in [0, 0.05) is 5.56 Å². The lowest BCUT2D eigenvalue weighted by molar-refractivity contribution is -0.122. The Morgan fingerprint density at radius 1 is 1.18 bits per heavy atom. The normalized spacial score (nSPS) is 15.2. The number of nitrogens with zero attached hydrogens (tertiary/aromatic N) is 2. The Morgan fingerprint density at radius 3 is 2.75 bits per heavy atom. The van der Waals surface area contributed by atoms with E-state index in [0.29, 0.717) is 23.9 Å². The summed E-state index contributed by atoms with van der Waals surface area (Å²) in [5, 5.41) is 6.59. The first-order valence-electron chi connectivity index (χ1n) is 8.89. The summed E-state index contributed by atoms with van der Waals surface area (Å²) < 4.78 is 17.4. The Labute approximate surface area is 160 Å². The van der Waals surface area contributed by atoms with Crippen LogP contribution in [0.25, 0.3) is 11.4 Å². The number of hydrogen-bond donors (Lipinski definition) is 1. The number of ether oxygens (including phenoxy) is 2. The van der Waals surface area contributed by atoms with Crippen molar-refractivity contribution in [2.45, 2.75) is 19.6 Å². The fraction of sp³-hybridized carbons (Fsp3) is 0.250. The van der Waals surface area contributed by atoms with Crippen molar-refractivity contribution < 1.29 is 18.8 Å². The van der Waals surface area contributed by atoms with E-state index in [9.17, 15) is 9.59 Å². The van der Waals surface area contributed by atoms with E-state index < -0.39 is 5.76 Å². The van der Waals surface area contributed by atoms with Gasteiger partial charge in [-0.3, -0.25) is 9.32 Å². The van der Waals surface area contributed by atoms with Gasteiger partial charge in [-0.2, -0.15) is 0 Å². The molecule has 1 aliphatic rings. The highest BCUT2D eigenvalue weighted by Crippen LogP contribution is 2.30. The van der Waals surface area contributed by atoms with Crippen LogP contribution >= 0.6 is 0 Å². The topological polar surface area (TPSA) is 95.6 Å². The van der Waals surface area contributed by atoms with E-state index in [1.54, 1.807) is 0 Å². The van der Waals surface area contributed by atoms with Crippen molar-refractivity contribution in [1.82, 2.24) is 15.0 Å². The maximum Gasteiger partial charge on any atom is 0.442 e. The first-order chi connectivity index (χ1) is 13.6. The van der Waals surface area contributed by atoms with Crippen molar-refractivity contribution in [2.24, 2.45) is 0 Å². The average Bonchev–Trinajstić information content (AvgIpc) is 3.07. The summed E-state index contributed by atoms with van der Waals surface area (Å²) in [6.07, 6.45) is -0.311. The molecule has 0 saturated heterocycles. The number of rotatable bonds is 5. The van der Waals surface area contributed by atoms with Gasteiger partial charge in [0.05, 0.1) is 6.54 Å². The van der Waals surface area contributed by atoms with Crippen LogP contribution in [-0.4, -0.2) is 34.9 Å². The van der Waals surface area contributed by atoms with Crippen LogP contribution in [0.4, 0.5) is 0 Å². The highest BCUT2D eigenvalue weighted by atomic mass is 16.6. The van der Waals surface area contributed by atoms with Crippen LogP contribution in [0.3, 0.4) is 0 Å². The lowest BCUT2D eigenvalue weighted by Crippen LogP contribution is -2.42. The highest BCUT2D eigenvalue weighted by Gasteiger charge is 2.22. The maximum absolute atomic E-state index is 12.4. The van der Waals surface area contributed by atoms with Gasteiger partial charge in [-0.25, -0.2) is 9.36 Å². The Morgan fingerprint density at radius 2 is 1.93 bits per heavy atom. The molecule has 0 saturated carbocycles. The van der Waals surface area contributed by atoms with Crippen LogP contribution < -0.4 is 20.5 Å². The molecule has 1 aliphatic heterocycles. The van der Waals surface area contributed by atoms with Crippen LogP contribution in [0, 0.1) is 6.92 Å². The summed E-state index contributed by atoms with van der Waals surface area (Å²) in [5.41, 5.74) is 1.66. The first-order valence-corrected chi connectivity index (χ1v) is 8.89. The van der Waals surface area contributed by atoms with Gasteiger partial charge >= 0.3 is 5.76 Å². The molecule has 0 aliphatic carbocycles. The molecule has 28 heavy (non-hydrogen) atoms. The fourth-order valence-corrected chi connectivity index (χ4v) is 3.02. The fourth-order valence-electron chi connectivity index (χ4n) is 3.02. The third-order valence-electron chi connectivity index (χ3n) is 4.47. The van der Waals surface area contributed by atoms with Crippen molar-refractivity contribution in [3.05, 3.63) is 64.6 Å². The number of nitrogens with one attached hydrogen (secondary N) is 1. The predicted molar refractivity (Wildman–Crippen MR) is 100 cm³/mol. The van der Waals surface area contributed by atoms with Crippen LogP contribution in [0.2, 0.25) is 0 Å². The second-order valence-electron chi connectivity index (χ2n) is 6.47. The molecule has 1 unspecified atom stereocenters. The average molecular weight is 381 g/mol.